The second-order valence-corrected chi connectivity index (χ2v) is 7.67. The highest BCUT2D eigenvalue weighted by Crippen LogP contribution is 2.44. The van der Waals surface area contributed by atoms with Crippen molar-refractivity contribution >= 4 is 0 Å². The Labute approximate surface area is 120 Å². The van der Waals surface area contributed by atoms with Crippen molar-refractivity contribution in [3.8, 4) is 11.5 Å². The van der Waals surface area contributed by atoms with Gasteiger partial charge in [0, 0.05) is 25.8 Å². The molecule has 3 heteroatoms. The number of aromatic nitrogens is 2. The van der Waals surface area contributed by atoms with E-state index in [1.54, 1.807) is 11.1 Å². The summed E-state index contributed by atoms with van der Waals surface area (Å²) in [5.74, 6) is 2.58. The molecule has 2 unspecified atom stereocenters. The molecule has 20 heavy (non-hydrogen) atoms. The number of nitrogens with zero attached hydrogens (tertiary/aromatic N) is 2. The maximum atomic E-state index is 4.61. The Balaban J connectivity index is 1.80. The lowest BCUT2D eigenvalue weighted by molar-refractivity contribution is 0.345. The normalized spacial score (nSPS) is 25.1. The second kappa shape index (κ2) is 4.08. The van der Waals surface area contributed by atoms with Gasteiger partial charge in [0.05, 0.1) is 0 Å². The minimum Gasteiger partial charge on any atom is -0.331 e. The van der Waals surface area contributed by atoms with Gasteiger partial charge in [0.25, 0.3) is 0 Å². The van der Waals surface area contributed by atoms with Crippen LogP contribution in [0.5, 0.6) is 0 Å². The molecular weight excluding hydrogens is 246 g/mol. The fourth-order valence-electron chi connectivity index (χ4n) is 3.74. The summed E-state index contributed by atoms with van der Waals surface area (Å²) < 4.78 is 2.32. The van der Waals surface area contributed by atoms with E-state index in [9.17, 15) is 0 Å². The van der Waals surface area contributed by atoms with Gasteiger partial charge >= 0.3 is 0 Å². The third-order valence-electron chi connectivity index (χ3n) is 4.61. The largest absolute Gasteiger partial charge is 0.331 e. The van der Waals surface area contributed by atoms with E-state index < -0.39 is 0 Å². The molecule has 2 bridgehead atoms. The van der Waals surface area contributed by atoms with Crippen LogP contribution in [0.4, 0.5) is 0 Å². The zero-order valence-corrected chi connectivity index (χ0v) is 12.6. The molecule has 1 fully saturated rings. The summed E-state index contributed by atoms with van der Waals surface area (Å²) in [7, 11) is 0. The third-order valence-corrected chi connectivity index (χ3v) is 4.61. The highest BCUT2D eigenvalue weighted by atomic mass is 15.1. The highest BCUT2D eigenvalue weighted by molar-refractivity contribution is 5.63. The Morgan fingerprint density at radius 1 is 1.25 bits per heavy atom. The van der Waals surface area contributed by atoms with Gasteiger partial charge in [0.15, 0.2) is 5.82 Å². The molecule has 4 aliphatic rings. The van der Waals surface area contributed by atoms with Crippen molar-refractivity contribution in [1.82, 2.24) is 14.9 Å². The lowest BCUT2D eigenvalue weighted by atomic mass is 9.96. The molecule has 1 saturated heterocycles. The summed E-state index contributed by atoms with van der Waals surface area (Å²) in [6, 6.07) is 4.70. The summed E-state index contributed by atoms with van der Waals surface area (Å²) in [6.45, 7) is 10.1. The van der Waals surface area contributed by atoms with E-state index in [4.69, 9.17) is 0 Å². The lowest BCUT2D eigenvalue weighted by Crippen LogP contribution is -2.28. The first-order valence-corrected chi connectivity index (χ1v) is 7.72. The highest BCUT2D eigenvalue weighted by Gasteiger charge is 2.35. The van der Waals surface area contributed by atoms with Crippen molar-refractivity contribution < 1.29 is 0 Å². The number of piperidine rings is 1. The molecule has 0 spiro atoms. The molecule has 3 heterocycles. The van der Waals surface area contributed by atoms with Gasteiger partial charge in [-0.25, -0.2) is 4.98 Å². The van der Waals surface area contributed by atoms with Crippen molar-refractivity contribution in [1.29, 1.82) is 0 Å². The minimum absolute atomic E-state index is 0.282. The fourth-order valence-corrected chi connectivity index (χ4v) is 3.74. The number of fused-ring (bicyclic) bond motifs is 6. The number of nitrogens with one attached hydrogen (secondary N) is 1. The van der Waals surface area contributed by atoms with E-state index in [2.05, 4.69) is 54.0 Å². The quantitative estimate of drug-likeness (QED) is 0.861. The van der Waals surface area contributed by atoms with Crippen LogP contribution >= 0.6 is 0 Å². The SMILES string of the molecule is CC(C)(C)Cn1ccc2c(cc3nc1-3)C1CNCC2C1. The molecule has 1 aliphatic carbocycles. The van der Waals surface area contributed by atoms with Crippen LogP contribution in [0.25, 0.3) is 11.5 Å². The molecule has 0 radical (unpaired) electrons. The van der Waals surface area contributed by atoms with Gasteiger partial charge in [-0.15, -0.1) is 0 Å². The van der Waals surface area contributed by atoms with Crippen LogP contribution < -0.4 is 5.32 Å². The monoisotopic (exact) mass is 269 g/mol. The number of rotatable bonds is 1. The molecule has 4 rings (SSSR count). The molecule has 1 N–H and O–H groups in total. The van der Waals surface area contributed by atoms with Crippen molar-refractivity contribution in [2.45, 2.75) is 45.6 Å². The molecule has 0 amide bonds. The van der Waals surface area contributed by atoms with Gasteiger partial charge in [0.1, 0.15) is 5.69 Å². The van der Waals surface area contributed by atoms with E-state index in [1.807, 2.05) is 0 Å². The van der Waals surface area contributed by atoms with Gasteiger partial charge < -0.3 is 9.88 Å². The van der Waals surface area contributed by atoms with Gasteiger partial charge in [-0.1, -0.05) is 20.8 Å². The van der Waals surface area contributed by atoms with Crippen LogP contribution in [0, 0.1) is 5.41 Å². The number of hydrogen-bond acceptors (Lipinski definition) is 2. The van der Waals surface area contributed by atoms with Gasteiger partial charge in [-0.05, 0) is 46.9 Å². The maximum absolute atomic E-state index is 4.61. The summed E-state index contributed by atoms with van der Waals surface area (Å²) in [6.07, 6.45) is 3.58. The Morgan fingerprint density at radius 2 is 2.00 bits per heavy atom. The molecule has 0 aromatic heterocycles. The molecule has 3 aliphatic heterocycles. The summed E-state index contributed by atoms with van der Waals surface area (Å²) in [5, 5.41) is 3.57. The van der Waals surface area contributed by atoms with Crippen molar-refractivity contribution in [3.63, 3.8) is 0 Å². The second-order valence-electron chi connectivity index (χ2n) is 7.67. The molecule has 106 valence electrons. The third kappa shape index (κ3) is 2.05. The topological polar surface area (TPSA) is 29.9 Å². The van der Waals surface area contributed by atoms with Crippen molar-refractivity contribution in [2.24, 2.45) is 5.41 Å². The molecule has 0 aromatic carbocycles. The van der Waals surface area contributed by atoms with Crippen molar-refractivity contribution in [2.75, 3.05) is 13.1 Å². The Hall–Kier alpha value is -1.35. The Kier molecular flexibility index (Phi) is 2.53. The van der Waals surface area contributed by atoms with Crippen LogP contribution in [0.15, 0.2) is 18.3 Å². The first kappa shape index (κ1) is 12.4. The Bertz CT molecular complexity index is 620. The van der Waals surface area contributed by atoms with Crippen molar-refractivity contribution in [3.05, 3.63) is 29.5 Å². The molecule has 2 atom stereocenters. The van der Waals surface area contributed by atoms with E-state index in [1.165, 1.54) is 17.9 Å². The standard InChI is InChI=1S/C17H23N3/c1-17(2,3)10-20-5-4-13-11-6-12(9-18-8-11)14(13)7-15-16(20)19-15/h4-5,7,11-12,18H,6,8-10H2,1-3H3. The van der Waals surface area contributed by atoms with Gasteiger partial charge in [-0.2, -0.15) is 0 Å². The average Bonchev–Trinajstić information content (AvgIpc) is 3.07. The first-order chi connectivity index (χ1) is 9.51. The fraction of sp³-hybridized carbons (Fsp3) is 0.588. The van der Waals surface area contributed by atoms with E-state index in [0.29, 0.717) is 11.8 Å². The van der Waals surface area contributed by atoms with Crippen LogP contribution in [0.1, 0.15) is 50.2 Å². The van der Waals surface area contributed by atoms with E-state index in [0.717, 1.165) is 19.6 Å². The average molecular weight is 269 g/mol. The minimum atomic E-state index is 0.282. The first-order valence-electron chi connectivity index (χ1n) is 7.72. The molecule has 0 saturated carbocycles. The lowest BCUT2D eigenvalue weighted by Gasteiger charge is -2.20. The summed E-state index contributed by atoms with van der Waals surface area (Å²) >= 11 is 0. The van der Waals surface area contributed by atoms with Crippen LogP contribution in [-0.4, -0.2) is 22.6 Å². The Morgan fingerprint density at radius 3 is 2.75 bits per heavy atom. The van der Waals surface area contributed by atoms with Gasteiger partial charge in [0.2, 0.25) is 0 Å². The van der Waals surface area contributed by atoms with Crippen LogP contribution in [0.3, 0.4) is 0 Å². The van der Waals surface area contributed by atoms with Crippen LogP contribution in [0.2, 0.25) is 0 Å². The molecule has 3 nitrogen and oxygen atoms in total. The van der Waals surface area contributed by atoms with E-state index >= 15 is 0 Å². The summed E-state index contributed by atoms with van der Waals surface area (Å²) in [5.41, 5.74) is 4.58. The number of hydrogen-bond donors (Lipinski definition) is 1. The van der Waals surface area contributed by atoms with Gasteiger partial charge in [-0.3, -0.25) is 0 Å². The maximum Gasteiger partial charge on any atom is 0.159 e. The van der Waals surface area contributed by atoms with Crippen LogP contribution in [-0.2, 0) is 6.54 Å². The predicted octanol–water partition coefficient (Wildman–Crippen LogP) is 3.21. The predicted molar refractivity (Wildman–Crippen MR) is 81.3 cm³/mol. The smallest absolute Gasteiger partial charge is 0.159 e. The molecular formula is C17H23N3. The van der Waals surface area contributed by atoms with E-state index in [-0.39, 0.29) is 5.41 Å². The molecule has 0 aromatic rings. The summed E-state index contributed by atoms with van der Waals surface area (Å²) in [4.78, 5) is 4.61. The zero-order chi connectivity index (χ0) is 13.9. The zero-order valence-electron chi connectivity index (χ0n) is 12.6.